The van der Waals surface area contributed by atoms with Crippen LogP contribution in [0.2, 0.25) is 0 Å². The van der Waals surface area contributed by atoms with Crippen molar-refractivity contribution in [3.8, 4) is 0 Å². The van der Waals surface area contributed by atoms with E-state index in [-0.39, 0.29) is 30.5 Å². The van der Waals surface area contributed by atoms with Crippen molar-refractivity contribution in [3.05, 3.63) is 65.2 Å². The first-order valence-electron chi connectivity index (χ1n) is 7.56. The van der Waals surface area contributed by atoms with E-state index in [0.717, 1.165) is 23.4 Å². The third-order valence-corrected chi connectivity index (χ3v) is 4.11. The molecule has 1 aliphatic rings. The van der Waals surface area contributed by atoms with E-state index in [0.29, 0.717) is 0 Å². The van der Waals surface area contributed by atoms with Gasteiger partial charge in [0.1, 0.15) is 0 Å². The van der Waals surface area contributed by atoms with Crippen molar-refractivity contribution in [3.63, 3.8) is 0 Å². The number of benzene rings is 2. The van der Waals surface area contributed by atoms with Crippen LogP contribution in [-0.2, 0) is 4.79 Å². The van der Waals surface area contributed by atoms with Crippen LogP contribution in [0.25, 0.3) is 0 Å². The third kappa shape index (κ3) is 3.13. The molecule has 0 saturated carbocycles. The Labute approximate surface area is 138 Å². The fraction of sp³-hybridized carbons (Fsp3) is 0.222. The molecule has 0 aromatic heterocycles. The van der Waals surface area contributed by atoms with E-state index in [2.05, 4.69) is 5.32 Å². The van der Waals surface area contributed by atoms with Gasteiger partial charge in [-0.3, -0.25) is 9.59 Å². The Hall–Kier alpha value is -2.76. The predicted molar refractivity (Wildman–Crippen MR) is 85.6 cm³/mol. The Morgan fingerprint density at radius 3 is 2.46 bits per heavy atom. The maximum absolute atomic E-state index is 13.2. The second-order valence-electron chi connectivity index (χ2n) is 5.84. The predicted octanol–water partition coefficient (Wildman–Crippen LogP) is 2.98. The van der Waals surface area contributed by atoms with Gasteiger partial charge in [0.2, 0.25) is 5.91 Å². The highest BCUT2D eigenvalue weighted by Gasteiger charge is 2.36. The second kappa shape index (κ2) is 6.39. The van der Waals surface area contributed by atoms with E-state index >= 15 is 0 Å². The lowest BCUT2D eigenvalue weighted by Crippen LogP contribution is -2.54. The van der Waals surface area contributed by atoms with Crippen molar-refractivity contribution in [1.82, 2.24) is 4.90 Å². The van der Waals surface area contributed by atoms with E-state index in [1.807, 2.05) is 31.2 Å². The van der Waals surface area contributed by atoms with Gasteiger partial charge in [-0.05, 0) is 36.8 Å². The number of hydrogen-bond donors (Lipinski definition) is 1. The Morgan fingerprint density at radius 2 is 1.79 bits per heavy atom. The molecule has 1 N–H and O–H groups in total. The fourth-order valence-corrected chi connectivity index (χ4v) is 2.57. The number of nitrogens with zero attached hydrogens (tertiary/aromatic N) is 1. The number of likely N-dealkylation sites (tertiary alicyclic amines) is 1. The zero-order valence-electron chi connectivity index (χ0n) is 13.1. The van der Waals surface area contributed by atoms with Crippen LogP contribution in [-0.4, -0.2) is 29.8 Å². The van der Waals surface area contributed by atoms with E-state index in [4.69, 9.17) is 0 Å². The van der Waals surface area contributed by atoms with Gasteiger partial charge in [0, 0.05) is 24.3 Å². The molecule has 24 heavy (non-hydrogen) atoms. The van der Waals surface area contributed by atoms with Crippen LogP contribution in [0.4, 0.5) is 14.5 Å². The number of rotatable bonds is 3. The first-order valence-corrected chi connectivity index (χ1v) is 7.56. The van der Waals surface area contributed by atoms with Gasteiger partial charge in [-0.25, -0.2) is 8.78 Å². The highest BCUT2D eigenvalue weighted by atomic mass is 19.2. The van der Waals surface area contributed by atoms with Crippen molar-refractivity contribution in [2.24, 2.45) is 5.92 Å². The molecule has 1 heterocycles. The zero-order chi connectivity index (χ0) is 17.3. The van der Waals surface area contributed by atoms with Gasteiger partial charge < -0.3 is 10.2 Å². The van der Waals surface area contributed by atoms with Gasteiger partial charge in [-0.15, -0.1) is 0 Å². The molecule has 3 rings (SSSR count). The number of hydrogen-bond acceptors (Lipinski definition) is 2. The molecule has 124 valence electrons. The van der Waals surface area contributed by atoms with Gasteiger partial charge in [0.05, 0.1) is 5.92 Å². The second-order valence-corrected chi connectivity index (χ2v) is 5.84. The van der Waals surface area contributed by atoms with Crippen molar-refractivity contribution in [1.29, 1.82) is 0 Å². The van der Waals surface area contributed by atoms with Gasteiger partial charge in [-0.1, -0.05) is 18.2 Å². The fourth-order valence-electron chi connectivity index (χ4n) is 2.57. The summed E-state index contributed by atoms with van der Waals surface area (Å²) in [4.78, 5) is 25.8. The lowest BCUT2D eigenvalue weighted by atomic mass is 9.97. The molecule has 4 nitrogen and oxygen atoms in total. The molecule has 2 aromatic rings. The average Bonchev–Trinajstić information content (AvgIpc) is 2.50. The van der Waals surface area contributed by atoms with Crippen LogP contribution in [0, 0.1) is 24.5 Å². The van der Waals surface area contributed by atoms with Crippen LogP contribution in [0.3, 0.4) is 0 Å². The van der Waals surface area contributed by atoms with E-state index in [1.165, 1.54) is 11.0 Å². The van der Waals surface area contributed by atoms with Crippen molar-refractivity contribution in [2.75, 3.05) is 18.4 Å². The number of halogens is 2. The monoisotopic (exact) mass is 330 g/mol. The summed E-state index contributed by atoms with van der Waals surface area (Å²) in [5, 5.41) is 2.84. The Balaban J connectivity index is 1.58. The standard InChI is InChI=1S/C18H16F2N2O2/c1-11-4-2-3-5-16(11)21-17(23)13-9-22(10-13)18(24)12-6-7-14(19)15(20)8-12/h2-8,13H,9-10H2,1H3,(H,21,23). The molecule has 0 bridgehead atoms. The third-order valence-electron chi connectivity index (χ3n) is 4.11. The SMILES string of the molecule is Cc1ccccc1NC(=O)C1CN(C(=O)c2ccc(F)c(F)c2)C1. The maximum atomic E-state index is 13.2. The summed E-state index contributed by atoms with van der Waals surface area (Å²) < 4.78 is 26.1. The summed E-state index contributed by atoms with van der Waals surface area (Å²) in [6.07, 6.45) is 0. The molecule has 1 fully saturated rings. The molecule has 0 radical (unpaired) electrons. The summed E-state index contributed by atoms with van der Waals surface area (Å²) in [7, 11) is 0. The molecule has 0 spiro atoms. The average molecular weight is 330 g/mol. The molecule has 0 aliphatic carbocycles. The molecule has 2 amide bonds. The van der Waals surface area contributed by atoms with Gasteiger partial charge in [0.25, 0.3) is 5.91 Å². The van der Waals surface area contributed by atoms with Gasteiger partial charge in [-0.2, -0.15) is 0 Å². The number of anilines is 1. The molecule has 2 aromatic carbocycles. The Bertz CT molecular complexity index is 801. The van der Waals surface area contributed by atoms with Crippen molar-refractivity contribution < 1.29 is 18.4 Å². The number of aryl methyl sites for hydroxylation is 1. The topological polar surface area (TPSA) is 49.4 Å². The minimum Gasteiger partial charge on any atom is -0.337 e. The first kappa shape index (κ1) is 16.1. The summed E-state index contributed by atoms with van der Waals surface area (Å²) in [5.41, 5.74) is 1.78. The minimum absolute atomic E-state index is 0.0756. The van der Waals surface area contributed by atoms with E-state index in [9.17, 15) is 18.4 Å². The van der Waals surface area contributed by atoms with Crippen molar-refractivity contribution >= 4 is 17.5 Å². The largest absolute Gasteiger partial charge is 0.337 e. The quantitative estimate of drug-likeness (QED) is 0.940. The van der Waals surface area contributed by atoms with E-state index < -0.39 is 17.5 Å². The first-order chi connectivity index (χ1) is 11.5. The minimum atomic E-state index is -1.06. The maximum Gasteiger partial charge on any atom is 0.254 e. The lowest BCUT2D eigenvalue weighted by Gasteiger charge is -2.38. The lowest BCUT2D eigenvalue weighted by molar-refractivity contribution is -0.123. The molecule has 1 aliphatic heterocycles. The number of carbonyl (C=O) groups is 2. The van der Waals surface area contributed by atoms with Crippen molar-refractivity contribution in [2.45, 2.75) is 6.92 Å². The smallest absolute Gasteiger partial charge is 0.254 e. The summed E-state index contributed by atoms with van der Waals surface area (Å²) in [6.45, 7) is 2.42. The number of para-hydroxylation sites is 1. The summed E-state index contributed by atoms with van der Waals surface area (Å²) >= 11 is 0. The number of carbonyl (C=O) groups excluding carboxylic acids is 2. The molecule has 1 saturated heterocycles. The summed E-state index contributed by atoms with van der Waals surface area (Å²) in [5.74, 6) is -2.92. The van der Waals surface area contributed by atoms with E-state index in [1.54, 1.807) is 0 Å². The van der Waals surface area contributed by atoms with Crippen LogP contribution < -0.4 is 5.32 Å². The van der Waals surface area contributed by atoms with Crippen LogP contribution >= 0.6 is 0 Å². The zero-order valence-corrected chi connectivity index (χ0v) is 13.1. The highest BCUT2D eigenvalue weighted by molar-refractivity contribution is 5.98. The molecule has 6 heteroatoms. The van der Waals surface area contributed by atoms with Crippen LogP contribution in [0.15, 0.2) is 42.5 Å². The molecular weight excluding hydrogens is 314 g/mol. The molecule has 0 unspecified atom stereocenters. The van der Waals surface area contributed by atoms with Gasteiger partial charge >= 0.3 is 0 Å². The Morgan fingerprint density at radius 1 is 1.08 bits per heavy atom. The normalized spacial score (nSPS) is 14.2. The number of nitrogens with one attached hydrogen (secondary N) is 1. The van der Waals surface area contributed by atoms with Crippen LogP contribution in [0.5, 0.6) is 0 Å². The number of amides is 2. The molecular formula is C18H16F2N2O2. The van der Waals surface area contributed by atoms with Crippen LogP contribution in [0.1, 0.15) is 15.9 Å². The highest BCUT2D eigenvalue weighted by Crippen LogP contribution is 2.22. The summed E-state index contributed by atoms with van der Waals surface area (Å²) in [6, 6.07) is 10.5. The molecule has 0 atom stereocenters. The Kier molecular flexibility index (Phi) is 4.29. The van der Waals surface area contributed by atoms with Gasteiger partial charge in [0.15, 0.2) is 11.6 Å².